The van der Waals surface area contributed by atoms with Crippen molar-refractivity contribution >= 4 is 17.9 Å². The highest BCUT2D eigenvalue weighted by Crippen LogP contribution is 2.41. The number of amides is 3. The van der Waals surface area contributed by atoms with Crippen LogP contribution in [-0.2, 0) is 20.7 Å². The number of phenols is 1. The van der Waals surface area contributed by atoms with Crippen LogP contribution in [0.15, 0.2) is 42.5 Å². The number of rotatable bonds is 11. The molecule has 1 aliphatic carbocycles. The molecule has 218 valence electrons. The number of ether oxygens (including phenoxy) is 1. The quantitative estimate of drug-likeness (QED) is 0.327. The van der Waals surface area contributed by atoms with E-state index >= 15 is 0 Å². The molecule has 3 N–H and O–H groups in total. The zero-order valence-electron chi connectivity index (χ0n) is 24.9. The highest BCUT2D eigenvalue weighted by molar-refractivity contribution is 5.93. The Morgan fingerprint density at radius 2 is 1.75 bits per heavy atom. The second-order valence-electron chi connectivity index (χ2n) is 11.9. The topological polar surface area (TPSA) is 108 Å². The largest absolute Gasteiger partial charge is 0.508 e. The Hall–Kier alpha value is -3.55. The number of hydrogen-bond acceptors (Lipinski definition) is 5. The van der Waals surface area contributed by atoms with Gasteiger partial charge in [-0.15, -0.1) is 0 Å². The van der Waals surface area contributed by atoms with Gasteiger partial charge in [-0.3, -0.25) is 9.59 Å². The average Bonchev–Trinajstić information content (AvgIpc) is 3.59. The van der Waals surface area contributed by atoms with E-state index in [0.29, 0.717) is 6.54 Å². The van der Waals surface area contributed by atoms with Gasteiger partial charge in [-0.2, -0.15) is 0 Å². The molecule has 0 saturated heterocycles. The van der Waals surface area contributed by atoms with Gasteiger partial charge in [-0.1, -0.05) is 50.6 Å². The number of aryl methyl sites for hydroxylation is 1. The van der Waals surface area contributed by atoms with E-state index in [1.807, 2.05) is 32.0 Å². The van der Waals surface area contributed by atoms with Gasteiger partial charge in [0.05, 0.1) is 0 Å². The van der Waals surface area contributed by atoms with Crippen LogP contribution in [0.5, 0.6) is 5.75 Å². The molecule has 40 heavy (non-hydrogen) atoms. The van der Waals surface area contributed by atoms with Crippen LogP contribution < -0.4 is 10.6 Å². The molecule has 1 fully saturated rings. The van der Waals surface area contributed by atoms with Gasteiger partial charge >= 0.3 is 6.09 Å². The molecule has 0 heterocycles. The maximum absolute atomic E-state index is 14.5. The molecule has 4 unspecified atom stereocenters. The maximum Gasteiger partial charge on any atom is 0.408 e. The van der Waals surface area contributed by atoms with Crippen molar-refractivity contribution in [3.63, 3.8) is 0 Å². The summed E-state index contributed by atoms with van der Waals surface area (Å²) in [6.45, 7) is 13.9. The first-order chi connectivity index (χ1) is 18.8. The van der Waals surface area contributed by atoms with E-state index in [1.165, 1.54) is 0 Å². The normalized spacial score (nSPS) is 17.9. The molecule has 3 amide bonds. The lowest BCUT2D eigenvalue weighted by atomic mass is 9.94. The predicted octanol–water partition coefficient (Wildman–Crippen LogP) is 5.34. The van der Waals surface area contributed by atoms with Crippen molar-refractivity contribution in [1.82, 2.24) is 15.5 Å². The molecular weight excluding hydrogens is 506 g/mol. The standard InChI is InChI=1S/C32H45N3O5/c1-8-9-17-33-29(37)28(25-12-10-11-20(2)22(25)4)35(27-18-21(27)3)30(38)26(34-31(39)40-32(5,6)7)19-23-13-15-24(36)16-14-23/h10-16,21,26-28,36H,8-9,17-19H2,1-7H3,(H,33,37)(H,34,39). The summed E-state index contributed by atoms with van der Waals surface area (Å²) in [5.74, 6) is -0.241. The van der Waals surface area contributed by atoms with Crippen LogP contribution in [0, 0.1) is 19.8 Å². The molecule has 1 saturated carbocycles. The van der Waals surface area contributed by atoms with Gasteiger partial charge in [0.1, 0.15) is 23.4 Å². The third kappa shape index (κ3) is 8.23. The Morgan fingerprint density at radius 1 is 1.10 bits per heavy atom. The molecule has 0 radical (unpaired) electrons. The smallest absolute Gasteiger partial charge is 0.408 e. The molecule has 8 heteroatoms. The van der Waals surface area contributed by atoms with Crippen molar-refractivity contribution < 1.29 is 24.2 Å². The van der Waals surface area contributed by atoms with E-state index in [2.05, 4.69) is 24.5 Å². The van der Waals surface area contributed by atoms with Crippen LogP contribution in [0.25, 0.3) is 0 Å². The number of phenolic OH excluding ortho intramolecular Hbond substituents is 1. The summed E-state index contributed by atoms with van der Waals surface area (Å²) in [7, 11) is 0. The molecule has 2 aromatic carbocycles. The molecule has 4 atom stereocenters. The maximum atomic E-state index is 14.5. The fourth-order valence-corrected chi connectivity index (χ4v) is 4.84. The first-order valence-electron chi connectivity index (χ1n) is 14.3. The molecule has 1 aliphatic rings. The predicted molar refractivity (Wildman–Crippen MR) is 156 cm³/mol. The number of aromatic hydroxyl groups is 1. The fourth-order valence-electron chi connectivity index (χ4n) is 4.84. The van der Waals surface area contributed by atoms with Gasteiger partial charge in [0.2, 0.25) is 11.8 Å². The number of nitrogens with one attached hydrogen (secondary N) is 2. The minimum atomic E-state index is -0.983. The van der Waals surface area contributed by atoms with Crippen LogP contribution >= 0.6 is 0 Å². The van der Waals surface area contributed by atoms with Crippen molar-refractivity contribution in [2.45, 2.75) is 97.9 Å². The molecule has 0 aliphatic heterocycles. The van der Waals surface area contributed by atoms with Crippen molar-refractivity contribution in [3.8, 4) is 5.75 Å². The summed E-state index contributed by atoms with van der Waals surface area (Å²) in [5, 5.41) is 15.6. The summed E-state index contributed by atoms with van der Waals surface area (Å²) in [6, 6.07) is 10.4. The summed E-state index contributed by atoms with van der Waals surface area (Å²) >= 11 is 0. The van der Waals surface area contributed by atoms with Gasteiger partial charge in [0.25, 0.3) is 0 Å². The molecule has 8 nitrogen and oxygen atoms in total. The lowest BCUT2D eigenvalue weighted by Gasteiger charge is -2.36. The van der Waals surface area contributed by atoms with Gasteiger partial charge in [0.15, 0.2) is 0 Å². The molecule has 0 spiro atoms. The molecule has 0 bridgehead atoms. The first-order valence-corrected chi connectivity index (χ1v) is 14.3. The van der Waals surface area contributed by atoms with Crippen molar-refractivity contribution in [1.29, 1.82) is 0 Å². The summed E-state index contributed by atoms with van der Waals surface area (Å²) < 4.78 is 5.50. The number of hydrogen-bond donors (Lipinski definition) is 3. The zero-order valence-corrected chi connectivity index (χ0v) is 24.9. The van der Waals surface area contributed by atoms with Gasteiger partial charge in [0, 0.05) is 19.0 Å². The third-order valence-corrected chi connectivity index (χ3v) is 7.34. The zero-order chi connectivity index (χ0) is 29.6. The number of carbonyl (C=O) groups excluding carboxylic acids is 3. The van der Waals surface area contributed by atoms with Gasteiger partial charge < -0.3 is 25.4 Å². The molecule has 0 aromatic heterocycles. The van der Waals surface area contributed by atoms with Crippen LogP contribution in [0.4, 0.5) is 4.79 Å². The van der Waals surface area contributed by atoms with Crippen molar-refractivity contribution in [2.24, 2.45) is 5.92 Å². The van der Waals surface area contributed by atoms with E-state index < -0.39 is 23.8 Å². The summed E-state index contributed by atoms with van der Waals surface area (Å²) in [6.07, 6.45) is 2.01. The minimum Gasteiger partial charge on any atom is -0.508 e. The lowest BCUT2D eigenvalue weighted by Crippen LogP contribution is -2.55. The fraction of sp³-hybridized carbons (Fsp3) is 0.531. The Balaban J connectivity index is 2.06. The number of carbonyl (C=O) groups is 3. The van der Waals surface area contributed by atoms with Crippen molar-refractivity contribution in [3.05, 3.63) is 64.7 Å². The van der Waals surface area contributed by atoms with Crippen LogP contribution in [0.1, 0.15) is 82.2 Å². The van der Waals surface area contributed by atoms with E-state index in [4.69, 9.17) is 4.74 Å². The number of alkyl carbamates (subject to hydrolysis) is 1. The second kappa shape index (κ2) is 13.2. The van der Waals surface area contributed by atoms with Crippen LogP contribution in [-0.4, -0.2) is 52.1 Å². The molecule has 3 rings (SSSR count). The number of benzene rings is 2. The van der Waals surface area contributed by atoms with E-state index in [-0.39, 0.29) is 35.9 Å². The Labute approximate surface area is 238 Å². The highest BCUT2D eigenvalue weighted by atomic mass is 16.6. The summed E-state index contributed by atoms with van der Waals surface area (Å²) in [5.41, 5.74) is 2.78. The number of nitrogens with zero attached hydrogens (tertiary/aromatic N) is 1. The average molecular weight is 552 g/mol. The SMILES string of the molecule is CCCCNC(=O)C(c1cccc(C)c1C)N(C(=O)C(Cc1ccc(O)cc1)NC(=O)OC(C)(C)C)C1CC1C. The summed E-state index contributed by atoms with van der Waals surface area (Å²) in [4.78, 5) is 43.0. The van der Waals surface area contributed by atoms with Gasteiger partial charge in [-0.05, 0) is 87.8 Å². The van der Waals surface area contributed by atoms with E-state index in [0.717, 1.165) is 41.5 Å². The third-order valence-electron chi connectivity index (χ3n) is 7.34. The highest BCUT2D eigenvalue weighted by Gasteiger charge is 2.48. The Morgan fingerprint density at radius 3 is 2.33 bits per heavy atom. The van der Waals surface area contributed by atoms with E-state index in [9.17, 15) is 19.5 Å². The van der Waals surface area contributed by atoms with Gasteiger partial charge in [-0.25, -0.2) is 4.79 Å². The molecule has 2 aromatic rings. The number of unbranched alkanes of at least 4 members (excludes halogenated alkanes) is 1. The Kier molecular flexibility index (Phi) is 10.2. The van der Waals surface area contributed by atoms with Crippen molar-refractivity contribution in [2.75, 3.05) is 6.54 Å². The molecular formula is C32H45N3O5. The first kappa shape index (κ1) is 31.0. The second-order valence-corrected chi connectivity index (χ2v) is 11.9. The monoisotopic (exact) mass is 551 g/mol. The van der Waals surface area contributed by atoms with E-state index in [1.54, 1.807) is 49.9 Å². The minimum absolute atomic E-state index is 0.110. The van der Waals surface area contributed by atoms with Crippen LogP contribution in [0.3, 0.4) is 0 Å². The lowest BCUT2D eigenvalue weighted by molar-refractivity contribution is -0.143. The van der Waals surface area contributed by atoms with Crippen LogP contribution in [0.2, 0.25) is 0 Å². The Bertz CT molecular complexity index is 1190.